The van der Waals surface area contributed by atoms with E-state index in [-0.39, 0.29) is 0 Å². The molecule has 0 saturated heterocycles. The summed E-state index contributed by atoms with van der Waals surface area (Å²) in [5, 5.41) is 7.21. The Bertz CT molecular complexity index is 236. The summed E-state index contributed by atoms with van der Waals surface area (Å²) in [7, 11) is -5.84. The number of alkyl halides is 6. The zero-order chi connectivity index (χ0) is 12.2. The molecule has 1 unspecified atom stereocenters. The van der Waals surface area contributed by atoms with Crippen molar-refractivity contribution >= 4 is 10.1 Å². The second-order valence-electron chi connectivity index (χ2n) is 1.63. The van der Waals surface area contributed by atoms with E-state index in [4.69, 9.17) is 18.1 Å². The molecule has 11 heteroatoms. The van der Waals surface area contributed by atoms with Crippen LogP contribution in [-0.2, 0) is 10.1 Å². The van der Waals surface area contributed by atoms with Gasteiger partial charge in [0.1, 0.15) is 0 Å². The maximum Gasteiger partial charge on any atom is 0.522 e. The smallest absolute Gasteiger partial charge is 0.360 e. The molecule has 0 radical (unpaired) electrons. The molecule has 88 valence electrons. The molecule has 0 saturated carbocycles. The quantitative estimate of drug-likeness (QED) is 0.412. The van der Waals surface area contributed by atoms with E-state index in [2.05, 4.69) is 0 Å². The van der Waals surface area contributed by atoms with Gasteiger partial charge in [-0.2, -0.15) is 21.6 Å². The molecule has 0 aliphatic rings. The lowest BCUT2D eigenvalue weighted by molar-refractivity contribution is -0.0843. The molecule has 0 aromatic heterocycles. The van der Waals surface area contributed by atoms with E-state index in [0.717, 1.165) is 0 Å². The van der Waals surface area contributed by atoms with Crippen LogP contribution >= 0.6 is 0 Å². The summed E-state index contributed by atoms with van der Waals surface area (Å²) in [5.74, 6) is 0. The summed E-state index contributed by atoms with van der Waals surface area (Å²) in [5.41, 5.74) is -5.53. The maximum absolute atomic E-state index is 10.7. The minimum atomic E-state index is -5.84. The molecule has 2 N–H and O–H groups in total. The molecule has 0 fully saturated rings. The van der Waals surface area contributed by atoms with Crippen LogP contribution in [0, 0.1) is 0 Å². The summed E-state index contributed by atoms with van der Waals surface area (Å²) in [6, 6.07) is 0. The molecule has 0 rings (SSSR count). The molecule has 0 amide bonds. The van der Waals surface area contributed by atoms with Crippen LogP contribution in [-0.4, -0.2) is 36.4 Å². The summed E-state index contributed by atoms with van der Waals surface area (Å²) >= 11 is 0. The lowest BCUT2D eigenvalue weighted by atomic mass is 10.7. The topological polar surface area (TPSA) is 74.6 Å². The van der Waals surface area contributed by atoms with Crippen molar-refractivity contribution in [2.75, 3.05) is 0 Å². The Morgan fingerprint density at radius 2 is 1.21 bits per heavy atom. The first-order valence-electron chi connectivity index (χ1n) is 2.53. The third-order valence-electron chi connectivity index (χ3n) is 0.500. The number of aliphatic hydroxyl groups excluding tert-OH is 1. The van der Waals surface area contributed by atoms with Gasteiger partial charge in [-0.15, -0.1) is 0 Å². The van der Waals surface area contributed by atoms with E-state index < -0.39 is 28.4 Å². The Labute approximate surface area is 73.9 Å². The van der Waals surface area contributed by atoms with Gasteiger partial charge in [-0.1, -0.05) is 0 Å². The summed E-state index contributed by atoms with van der Waals surface area (Å²) < 4.78 is 89.2. The highest BCUT2D eigenvalue weighted by atomic mass is 32.2. The van der Waals surface area contributed by atoms with Crippen LogP contribution in [0.3, 0.4) is 0 Å². The van der Waals surface area contributed by atoms with Crippen molar-refractivity contribution < 1.29 is 44.4 Å². The van der Waals surface area contributed by atoms with Gasteiger partial charge < -0.3 is 5.11 Å². The Morgan fingerprint density at radius 3 is 1.21 bits per heavy atom. The molecule has 4 nitrogen and oxygen atoms in total. The van der Waals surface area contributed by atoms with E-state index in [1.165, 1.54) is 0 Å². The van der Waals surface area contributed by atoms with Crippen LogP contribution in [0.15, 0.2) is 0 Å². The van der Waals surface area contributed by atoms with Crippen LogP contribution in [0.5, 0.6) is 0 Å². The molecule has 0 aliphatic heterocycles. The van der Waals surface area contributed by atoms with Gasteiger partial charge in [0.05, 0.1) is 0 Å². The number of aliphatic hydroxyl groups is 1. The molecule has 0 aromatic rings. The van der Waals surface area contributed by atoms with E-state index in [1.54, 1.807) is 0 Å². The van der Waals surface area contributed by atoms with Gasteiger partial charge in [-0.3, -0.25) is 4.55 Å². The van der Waals surface area contributed by atoms with E-state index in [0.29, 0.717) is 0 Å². The van der Waals surface area contributed by atoms with Crippen molar-refractivity contribution in [3.8, 4) is 0 Å². The number of hydrogen-bond acceptors (Lipinski definition) is 3. The Kier molecular flexibility index (Phi) is 6.09. The normalized spacial score (nSPS) is 14.6. The first-order chi connectivity index (χ1) is 5.89. The third kappa shape index (κ3) is 8.07. The largest absolute Gasteiger partial charge is 0.522 e. The first-order valence-corrected chi connectivity index (χ1v) is 3.97. The summed E-state index contributed by atoms with van der Waals surface area (Å²) in [4.78, 5) is 0. The fraction of sp³-hybridized carbons (Fsp3) is 1.00. The number of rotatable bonds is 1. The number of halogens is 6. The predicted molar refractivity (Wildman–Crippen MR) is 30.7 cm³/mol. The minimum absolute atomic E-state index is 2.98. The highest BCUT2D eigenvalue weighted by molar-refractivity contribution is 7.86. The van der Waals surface area contributed by atoms with Gasteiger partial charge in [0.2, 0.25) is 0 Å². The second kappa shape index (κ2) is 5.36. The fourth-order valence-electron chi connectivity index (χ4n) is 0. The third-order valence-corrected chi connectivity index (χ3v) is 1.09. The SMILES string of the molecule is O=S(=O)(O)C(F)(F)F.OC(F)C(F)F. The molecule has 0 aromatic carbocycles. The molecule has 0 aliphatic carbocycles. The van der Waals surface area contributed by atoms with Crippen molar-refractivity contribution in [1.29, 1.82) is 0 Å². The lowest BCUT2D eigenvalue weighted by Crippen LogP contribution is -2.21. The number of hydrogen-bond donors (Lipinski definition) is 2. The van der Waals surface area contributed by atoms with Gasteiger partial charge in [0.15, 0.2) is 0 Å². The Morgan fingerprint density at radius 1 is 1.07 bits per heavy atom. The fourth-order valence-corrected chi connectivity index (χ4v) is 0. The van der Waals surface area contributed by atoms with E-state index in [9.17, 15) is 26.3 Å². The average Bonchev–Trinajstić information content (AvgIpc) is 1.83. The van der Waals surface area contributed by atoms with Gasteiger partial charge in [-0.25, -0.2) is 13.2 Å². The Balaban J connectivity index is 0. The van der Waals surface area contributed by atoms with Crippen LogP contribution in [0.25, 0.3) is 0 Å². The molecular weight excluding hydrogens is 246 g/mol. The van der Waals surface area contributed by atoms with Crippen LogP contribution in [0.4, 0.5) is 26.3 Å². The van der Waals surface area contributed by atoms with Crippen molar-refractivity contribution in [3.63, 3.8) is 0 Å². The van der Waals surface area contributed by atoms with Crippen LogP contribution in [0.1, 0.15) is 0 Å². The zero-order valence-corrected chi connectivity index (χ0v) is 6.86. The van der Waals surface area contributed by atoms with Crippen molar-refractivity contribution in [2.24, 2.45) is 0 Å². The minimum Gasteiger partial charge on any atom is -0.360 e. The standard InChI is InChI=1S/C2H3F3O.CHF3O3S/c3-1(4)2(5)6;2-1(3,4)8(5,6)7/h1-2,6H;(H,5,6,7). The molecule has 0 heterocycles. The molecule has 1 atom stereocenters. The summed E-state index contributed by atoms with van der Waals surface area (Å²) in [6.45, 7) is 0. The summed E-state index contributed by atoms with van der Waals surface area (Å²) in [6.07, 6.45) is -6.24. The second-order valence-corrected chi connectivity index (χ2v) is 3.04. The lowest BCUT2D eigenvalue weighted by Gasteiger charge is -1.97. The van der Waals surface area contributed by atoms with Crippen molar-refractivity contribution in [1.82, 2.24) is 0 Å². The van der Waals surface area contributed by atoms with Crippen molar-refractivity contribution in [2.45, 2.75) is 18.3 Å². The highest BCUT2D eigenvalue weighted by Gasteiger charge is 2.44. The molecule has 0 bridgehead atoms. The van der Waals surface area contributed by atoms with Gasteiger partial charge in [0.25, 0.3) is 12.8 Å². The highest BCUT2D eigenvalue weighted by Crippen LogP contribution is 2.20. The molecular formula is C3H4F6O4S. The average molecular weight is 250 g/mol. The molecule has 14 heavy (non-hydrogen) atoms. The van der Waals surface area contributed by atoms with Crippen molar-refractivity contribution in [3.05, 3.63) is 0 Å². The maximum atomic E-state index is 10.7. The van der Waals surface area contributed by atoms with Crippen LogP contribution < -0.4 is 0 Å². The Hall–Kier alpha value is -0.550. The van der Waals surface area contributed by atoms with Gasteiger partial charge in [0, 0.05) is 0 Å². The van der Waals surface area contributed by atoms with Gasteiger partial charge >= 0.3 is 15.6 Å². The predicted octanol–water partition coefficient (Wildman–Crippen LogP) is 0.933. The molecule has 0 spiro atoms. The van der Waals surface area contributed by atoms with E-state index in [1.807, 2.05) is 0 Å². The van der Waals surface area contributed by atoms with E-state index >= 15 is 0 Å². The van der Waals surface area contributed by atoms with Crippen LogP contribution in [0.2, 0.25) is 0 Å². The van der Waals surface area contributed by atoms with Gasteiger partial charge in [-0.05, 0) is 0 Å². The first kappa shape index (κ1) is 15.9. The monoisotopic (exact) mass is 250 g/mol. The zero-order valence-electron chi connectivity index (χ0n) is 6.04.